The van der Waals surface area contributed by atoms with Crippen molar-refractivity contribution in [2.24, 2.45) is 0 Å². The zero-order chi connectivity index (χ0) is 10.8. The first-order chi connectivity index (χ1) is 7.03. The van der Waals surface area contributed by atoms with E-state index in [9.17, 15) is 0 Å². The van der Waals surface area contributed by atoms with E-state index in [0.717, 1.165) is 4.96 Å². The van der Waals surface area contributed by atoms with Gasteiger partial charge in [0.05, 0.1) is 5.69 Å². The number of aryl methyl sites for hydroxylation is 2. The van der Waals surface area contributed by atoms with Crippen LogP contribution in [-0.4, -0.2) is 9.38 Å². The molecule has 1 saturated carbocycles. The van der Waals surface area contributed by atoms with Crippen molar-refractivity contribution in [3.63, 3.8) is 0 Å². The molecule has 2 aromatic rings. The molecule has 2 aromatic heterocycles. The maximum atomic E-state index is 4.76. The summed E-state index contributed by atoms with van der Waals surface area (Å²) in [6, 6.07) is 0. The van der Waals surface area contributed by atoms with Crippen molar-refractivity contribution >= 4 is 32.2 Å². The Hall–Kier alpha value is -0.350. The van der Waals surface area contributed by atoms with Gasteiger partial charge >= 0.3 is 0 Å². The maximum Gasteiger partial charge on any atom is 0.195 e. The Bertz CT molecular complexity index is 548. The lowest BCUT2D eigenvalue weighted by molar-refractivity contribution is 0.752. The van der Waals surface area contributed by atoms with Gasteiger partial charge in [0.2, 0.25) is 0 Å². The number of aromatic nitrogens is 2. The van der Waals surface area contributed by atoms with Gasteiger partial charge in [-0.05, 0) is 42.6 Å². The second kappa shape index (κ2) is 2.86. The van der Waals surface area contributed by atoms with Crippen molar-refractivity contribution in [1.29, 1.82) is 0 Å². The molecule has 2 heterocycles. The van der Waals surface area contributed by atoms with Gasteiger partial charge in [-0.1, -0.05) is 6.92 Å². The Morgan fingerprint density at radius 2 is 2.07 bits per heavy atom. The van der Waals surface area contributed by atoms with Gasteiger partial charge in [0.25, 0.3) is 0 Å². The molecule has 0 atom stereocenters. The SMILES string of the molecule is Cc1sc2nc(C3(C)CC3)c(Br)n2c1C. The van der Waals surface area contributed by atoms with E-state index in [1.54, 1.807) is 11.3 Å². The number of rotatable bonds is 1. The number of fused-ring (bicyclic) bond motifs is 1. The average molecular weight is 285 g/mol. The zero-order valence-electron chi connectivity index (χ0n) is 9.09. The molecule has 2 nitrogen and oxygen atoms in total. The van der Waals surface area contributed by atoms with Crippen molar-refractivity contribution in [3.05, 3.63) is 20.9 Å². The lowest BCUT2D eigenvalue weighted by Crippen LogP contribution is -2.01. The highest BCUT2D eigenvalue weighted by molar-refractivity contribution is 9.10. The fraction of sp³-hybridized carbons (Fsp3) is 0.545. The minimum absolute atomic E-state index is 0.338. The molecule has 80 valence electrons. The summed E-state index contributed by atoms with van der Waals surface area (Å²) in [7, 11) is 0. The van der Waals surface area contributed by atoms with Gasteiger partial charge in [-0.15, -0.1) is 11.3 Å². The standard InChI is InChI=1S/C11H13BrN2S/c1-6-7(2)15-10-13-8(9(12)14(6)10)11(3)4-5-11/h4-5H2,1-3H3. The molecule has 0 amide bonds. The van der Waals surface area contributed by atoms with Crippen LogP contribution in [0.3, 0.4) is 0 Å². The van der Waals surface area contributed by atoms with E-state index in [4.69, 9.17) is 4.98 Å². The van der Waals surface area contributed by atoms with Crippen LogP contribution >= 0.6 is 27.3 Å². The average Bonchev–Trinajstić information content (AvgIpc) is 2.74. The topological polar surface area (TPSA) is 17.3 Å². The number of hydrogen-bond acceptors (Lipinski definition) is 2. The van der Waals surface area contributed by atoms with Crippen LogP contribution in [0.25, 0.3) is 4.96 Å². The number of thiazole rings is 1. The minimum atomic E-state index is 0.338. The smallest absolute Gasteiger partial charge is 0.195 e. The Morgan fingerprint density at radius 1 is 1.40 bits per heavy atom. The van der Waals surface area contributed by atoms with Crippen LogP contribution in [0.5, 0.6) is 0 Å². The van der Waals surface area contributed by atoms with Gasteiger partial charge in [0.15, 0.2) is 4.96 Å². The predicted molar refractivity (Wildman–Crippen MR) is 66.8 cm³/mol. The van der Waals surface area contributed by atoms with Gasteiger partial charge < -0.3 is 0 Å². The highest BCUT2D eigenvalue weighted by Crippen LogP contribution is 2.50. The van der Waals surface area contributed by atoms with Crippen LogP contribution < -0.4 is 0 Å². The van der Waals surface area contributed by atoms with Crippen molar-refractivity contribution in [3.8, 4) is 0 Å². The third-order valence-electron chi connectivity index (χ3n) is 3.45. The fourth-order valence-electron chi connectivity index (χ4n) is 1.92. The molecule has 4 heteroatoms. The molecular weight excluding hydrogens is 272 g/mol. The molecule has 1 aliphatic rings. The summed E-state index contributed by atoms with van der Waals surface area (Å²) >= 11 is 5.48. The lowest BCUT2D eigenvalue weighted by Gasteiger charge is -2.04. The minimum Gasteiger partial charge on any atom is -0.281 e. The van der Waals surface area contributed by atoms with Crippen LogP contribution in [-0.2, 0) is 5.41 Å². The van der Waals surface area contributed by atoms with Gasteiger partial charge in [-0.2, -0.15) is 0 Å². The van der Waals surface area contributed by atoms with Gasteiger partial charge in [-0.25, -0.2) is 4.98 Å². The van der Waals surface area contributed by atoms with E-state index in [1.807, 2.05) is 0 Å². The normalized spacial score (nSPS) is 18.7. The summed E-state index contributed by atoms with van der Waals surface area (Å²) in [4.78, 5) is 7.24. The quantitative estimate of drug-likeness (QED) is 0.778. The summed E-state index contributed by atoms with van der Waals surface area (Å²) in [5, 5.41) is 0. The molecule has 1 aliphatic carbocycles. The predicted octanol–water partition coefficient (Wildman–Crippen LogP) is 3.83. The summed E-state index contributed by atoms with van der Waals surface area (Å²) in [6.45, 7) is 6.61. The molecule has 0 bridgehead atoms. The van der Waals surface area contributed by atoms with Crippen LogP contribution in [0, 0.1) is 13.8 Å². The van der Waals surface area contributed by atoms with Gasteiger partial charge in [0.1, 0.15) is 4.60 Å². The number of hydrogen-bond donors (Lipinski definition) is 0. The Balaban J connectivity index is 2.31. The second-order valence-electron chi connectivity index (χ2n) is 4.67. The van der Waals surface area contributed by atoms with Gasteiger partial charge in [-0.3, -0.25) is 4.40 Å². The van der Waals surface area contributed by atoms with Gasteiger partial charge in [0, 0.05) is 16.0 Å². The molecule has 0 spiro atoms. The van der Waals surface area contributed by atoms with E-state index in [1.165, 1.54) is 33.7 Å². The molecular formula is C11H13BrN2S. The summed E-state index contributed by atoms with van der Waals surface area (Å²) < 4.78 is 3.40. The van der Waals surface area contributed by atoms with E-state index >= 15 is 0 Å². The van der Waals surface area contributed by atoms with Crippen molar-refractivity contribution in [2.75, 3.05) is 0 Å². The number of imidazole rings is 1. The molecule has 0 unspecified atom stereocenters. The highest BCUT2D eigenvalue weighted by atomic mass is 79.9. The summed E-state index contributed by atoms with van der Waals surface area (Å²) in [5.41, 5.74) is 2.90. The Kier molecular flexibility index (Phi) is 1.88. The largest absolute Gasteiger partial charge is 0.281 e. The van der Waals surface area contributed by atoms with Crippen LogP contribution in [0.1, 0.15) is 36.0 Å². The van der Waals surface area contributed by atoms with Crippen LogP contribution in [0.15, 0.2) is 4.60 Å². The van der Waals surface area contributed by atoms with E-state index in [-0.39, 0.29) is 0 Å². The van der Waals surface area contributed by atoms with E-state index < -0.39 is 0 Å². The van der Waals surface area contributed by atoms with Crippen molar-refractivity contribution in [2.45, 2.75) is 39.0 Å². The third-order valence-corrected chi connectivity index (χ3v) is 5.24. The monoisotopic (exact) mass is 284 g/mol. The molecule has 0 aliphatic heterocycles. The highest BCUT2D eigenvalue weighted by Gasteiger charge is 2.43. The number of nitrogens with zero attached hydrogens (tertiary/aromatic N) is 2. The molecule has 3 rings (SSSR count). The molecule has 1 fully saturated rings. The zero-order valence-corrected chi connectivity index (χ0v) is 11.5. The first-order valence-corrected chi connectivity index (χ1v) is 6.78. The van der Waals surface area contributed by atoms with Crippen molar-refractivity contribution in [1.82, 2.24) is 9.38 Å². The first-order valence-electron chi connectivity index (χ1n) is 5.17. The Morgan fingerprint density at radius 3 is 2.60 bits per heavy atom. The summed E-state index contributed by atoms with van der Waals surface area (Å²) in [6.07, 6.45) is 2.54. The second-order valence-corrected chi connectivity index (χ2v) is 6.61. The third kappa shape index (κ3) is 1.24. The van der Waals surface area contributed by atoms with Crippen molar-refractivity contribution < 1.29 is 0 Å². The molecule has 0 saturated heterocycles. The van der Waals surface area contributed by atoms with Crippen LogP contribution in [0.4, 0.5) is 0 Å². The van der Waals surface area contributed by atoms with E-state index in [0.29, 0.717) is 5.41 Å². The summed E-state index contributed by atoms with van der Waals surface area (Å²) in [5.74, 6) is 0. The fourth-order valence-corrected chi connectivity index (χ4v) is 4.01. The molecule has 0 N–H and O–H groups in total. The first kappa shape index (κ1) is 9.85. The Labute approximate surface area is 101 Å². The lowest BCUT2D eigenvalue weighted by atomic mass is 10.1. The van der Waals surface area contributed by atoms with E-state index in [2.05, 4.69) is 41.1 Å². The van der Waals surface area contributed by atoms with Crippen LogP contribution in [0.2, 0.25) is 0 Å². The maximum absolute atomic E-state index is 4.76. The molecule has 0 aromatic carbocycles. The number of halogens is 1. The molecule has 15 heavy (non-hydrogen) atoms. The molecule has 0 radical (unpaired) electrons.